The van der Waals surface area contributed by atoms with Crippen molar-refractivity contribution >= 4 is 32.7 Å². The van der Waals surface area contributed by atoms with E-state index >= 15 is 0 Å². The first-order valence-corrected chi connectivity index (χ1v) is 9.04. The van der Waals surface area contributed by atoms with Gasteiger partial charge >= 0.3 is 29.6 Å². The van der Waals surface area contributed by atoms with Gasteiger partial charge in [0.2, 0.25) is 0 Å². The third-order valence-corrected chi connectivity index (χ3v) is 4.92. The van der Waals surface area contributed by atoms with Crippen LogP contribution < -0.4 is 34.7 Å². The molecule has 0 N–H and O–H groups in total. The Kier molecular flexibility index (Phi) is 7.41. The third-order valence-electron chi connectivity index (χ3n) is 4.33. The summed E-state index contributed by atoms with van der Waals surface area (Å²) in [7, 11) is 0. The van der Waals surface area contributed by atoms with Gasteiger partial charge in [-0.3, -0.25) is 0 Å². The molecule has 26 heavy (non-hydrogen) atoms. The predicted octanol–water partition coefficient (Wildman–Crippen LogP) is 0.0520. The number of carbonyl (C=O) groups is 1. The Labute approximate surface area is 183 Å². The smallest absolute Gasteiger partial charge is 0.550 e. The largest absolute Gasteiger partial charge is 1.00 e. The summed E-state index contributed by atoms with van der Waals surface area (Å²) in [5, 5.41) is 21.3. The summed E-state index contributed by atoms with van der Waals surface area (Å²) >= 11 is 3.41. The first-order chi connectivity index (χ1) is 12.0. The molecule has 0 radical (unpaired) electrons. The predicted molar refractivity (Wildman–Crippen MR) is 98.2 cm³/mol. The van der Waals surface area contributed by atoms with Crippen LogP contribution in [-0.2, 0) is 17.8 Å². The Morgan fingerprint density at radius 2 is 1.85 bits per heavy atom. The van der Waals surface area contributed by atoms with Crippen molar-refractivity contribution in [3.63, 3.8) is 0 Å². The van der Waals surface area contributed by atoms with E-state index in [2.05, 4.69) is 70.3 Å². The molecule has 0 aliphatic rings. The number of hydrogen-bond acceptors (Lipinski definition) is 4. The van der Waals surface area contributed by atoms with Crippen LogP contribution in [-0.4, -0.2) is 20.7 Å². The van der Waals surface area contributed by atoms with Crippen LogP contribution in [0.5, 0.6) is 0 Å². The minimum absolute atomic E-state index is 0. The molecule has 0 aliphatic heterocycles. The van der Waals surface area contributed by atoms with Crippen LogP contribution in [0.15, 0.2) is 41.1 Å². The van der Waals surface area contributed by atoms with E-state index in [9.17, 15) is 9.90 Å². The molecule has 130 valence electrons. The normalized spacial score (nSPS) is 10.9. The van der Waals surface area contributed by atoms with Crippen molar-refractivity contribution in [1.82, 2.24) is 14.8 Å². The number of halogens is 1. The van der Waals surface area contributed by atoms with Crippen molar-refractivity contribution < 1.29 is 39.5 Å². The number of nitrogens with zero attached hydrogens (tertiary/aromatic N) is 3. The number of aryl methyl sites for hydroxylation is 1. The van der Waals surface area contributed by atoms with Gasteiger partial charge in [0.05, 0.1) is 6.54 Å². The maximum absolute atomic E-state index is 10.7. The maximum atomic E-state index is 10.7. The fraction of sp³-hybridized carbons (Fsp3) is 0.316. The SMILES string of the molecule is CC(C)c1ccc(Cn2c(Br)nnc2CCC(=O)[O-])c2ccccc12.[Na+]. The fourth-order valence-corrected chi connectivity index (χ4v) is 3.47. The standard InChI is InChI=1S/C19H20BrN3O2.Na/c1-12(2)14-8-7-13(15-5-3-4-6-16(14)15)11-23-17(9-10-18(24)25)21-22-19(23)20;/h3-8,12H,9-11H2,1-2H3,(H,24,25);/q;+1/p-1. The van der Waals surface area contributed by atoms with Crippen molar-refractivity contribution in [2.45, 2.75) is 39.2 Å². The van der Waals surface area contributed by atoms with Gasteiger partial charge in [-0.1, -0.05) is 50.2 Å². The summed E-state index contributed by atoms with van der Waals surface area (Å²) in [4.78, 5) is 10.7. The second-order valence-electron chi connectivity index (χ2n) is 6.36. The topological polar surface area (TPSA) is 70.8 Å². The van der Waals surface area contributed by atoms with Crippen molar-refractivity contribution in [2.75, 3.05) is 0 Å². The number of fused-ring (bicyclic) bond motifs is 1. The molecule has 0 fully saturated rings. The number of carbonyl (C=O) groups excluding carboxylic acids is 1. The number of carboxylic acids is 1. The Hall–Kier alpha value is -1.21. The molecule has 3 rings (SSSR count). The van der Waals surface area contributed by atoms with E-state index in [1.165, 1.54) is 16.3 Å². The van der Waals surface area contributed by atoms with Gasteiger partial charge < -0.3 is 14.5 Å². The van der Waals surface area contributed by atoms with Crippen LogP contribution in [0.3, 0.4) is 0 Å². The van der Waals surface area contributed by atoms with Gasteiger partial charge in [0.1, 0.15) is 5.82 Å². The van der Waals surface area contributed by atoms with Crippen LogP contribution >= 0.6 is 15.9 Å². The monoisotopic (exact) mass is 423 g/mol. The Morgan fingerprint density at radius 3 is 2.50 bits per heavy atom. The molecule has 1 heterocycles. The molecule has 5 nitrogen and oxygen atoms in total. The first kappa shape index (κ1) is 21.1. The summed E-state index contributed by atoms with van der Waals surface area (Å²) in [6.07, 6.45) is 0.223. The molecule has 0 aliphatic carbocycles. The molecule has 0 atom stereocenters. The minimum Gasteiger partial charge on any atom is -0.550 e. The first-order valence-electron chi connectivity index (χ1n) is 8.25. The summed E-state index contributed by atoms with van der Waals surface area (Å²) in [5.41, 5.74) is 2.47. The van der Waals surface area contributed by atoms with E-state index in [0.29, 0.717) is 29.4 Å². The molecular formula is C19H19BrN3NaO2. The van der Waals surface area contributed by atoms with Crippen molar-refractivity contribution in [1.29, 1.82) is 0 Å². The Bertz CT molecular complexity index is 924. The van der Waals surface area contributed by atoms with Gasteiger partial charge in [0.15, 0.2) is 4.73 Å². The van der Waals surface area contributed by atoms with Crippen molar-refractivity contribution in [2.24, 2.45) is 0 Å². The number of hydrogen-bond donors (Lipinski definition) is 0. The summed E-state index contributed by atoms with van der Waals surface area (Å²) in [6, 6.07) is 12.7. The average Bonchev–Trinajstić information content (AvgIpc) is 2.93. The molecule has 7 heteroatoms. The van der Waals surface area contributed by atoms with Crippen molar-refractivity contribution in [3.05, 3.63) is 58.1 Å². The van der Waals surface area contributed by atoms with Crippen LogP contribution in [0.2, 0.25) is 0 Å². The number of benzene rings is 2. The molecule has 3 aromatic rings. The summed E-state index contributed by atoms with van der Waals surface area (Å²) < 4.78 is 2.50. The van der Waals surface area contributed by atoms with Gasteiger partial charge in [-0.25, -0.2) is 0 Å². The molecule has 1 aromatic heterocycles. The Morgan fingerprint density at radius 1 is 1.15 bits per heavy atom. The van der Waals surface area contributed by atoms with Gasteiger partial charge in [-0.2, -0.15) is 0 Å². The molecule has 0 amide bonds. The van der Waals surface area contributed by atoms with Crippen LogP contribution in [0.1, 0.15) is 43.1 Å². The second kappa shape index (κ2) is 9.13. The number of rotatable bonds is 6. The maximum Gasteiger partial charge on any atom is 1.00 e. The number of aromatic nitrogens is 3. The van der Waals surface area contributed by atoms with Gasteiger partial charge in [-0.15, -0.1) is 10.2 Å². The third kappa shape index (κ3) is 4.55. The summed E-state index contributed by atoms with van der Waals surface area (Å²) in [6.45, 7) is 4.96. The zero-order valence-electron chi connectivity index (χ0n) is 15.2. The molecule has 0 saturated carbocycles. The molecule has 0 bridgehead atoms. The quantitative estimate of drug-likeness (QED) is 0.525. The molecule has 0 unspecified atom stereocenters. The number of aliphatic carboxylic acids is 1. The van der Waals surface area contributed by atoms with E-state index < -0.39 is 5.97 Å². The van der Waals surface area contributed by atoms with Crippen LogP contribution in [0, 0.1) is 0 Å². The minimum atomic E-state index is -1.09. The summed E-state index contributed by atoms with van der Waals surface area (Å²) in [5.74, 6) is -0.00951. The van der Waals surface area contributed by atoms with E-state index in [1.54, 1.807) is 0 Å². The Balaban J connectivity index is 0.00000243. The molecular weight excluding hydrogens is 405 g/mol. The average molecular weight is 424 g/mol. The molecule has 0 spiro atoms. The van der Waals surface area contributed by atoms with E-state index in [-0.39, 0.29) is 36.0 Å². The second-order valence-corrected chi connectivity index (χ2v) is 7.07. The fourth-order valence-electron chi connectivity index (χ4n) is 3.07. The van der Waals surface area contributed by atoms with E-state index in [1.807, 2.05) is 10.6 Å². The van der Waals surface area contributed by atoms with E-state index in [4.69, 9.17) is 0 Å². The van der Waals surface area contributed by atoms with Crippen molar-refractivity contribution in [3.8, 4) is 0 Å². The zero-order valence-corrected chi connectivity index (χ0v) is 18.8. The zero-order chi connectivity index (χ0) is 18.0. The van der Waals surface area contributed by atoms with E-state index in [0.717, 1.165) is 5.56 Å². The number of carboxylic acid groups (broad SMARTS) is 1. The van der Waals surface area contributed by atoms with Gasteiger partial charge in [0, 0.05) is 12.4 Å². The van der Waals surface area contributed by atoms with Gasteiger partial charge in [-0.05, 0) is 50.2 Å². The van der Waals surface area contributed by atoms with Gasteiger partial charge in [0.25, 0.3) is 0 Å². The van der Waals surface area contributed by atoms with Crippen LogP contribution in [0.4, 0.5) is 0 Å². The molecule has 0 saturated heterocycles. The molecule has 2 aromatic carbocycles. The van der Waals surface area contributed by atoms with Crippen LogP contribution in [0.25, 0.3) is 10.8 Å².